The number of β-amino-alcohol motifs (C(OH)–C–C–N with tert-alkyl or cyclic N) is 1. The van der Waals surface area contributed by atoms with Crippen LogP contribution in [0.25, 0.3) is 32.3 Å². The van der Waals surface area contributed by atoms with E-state index in [1.54, 1.807) is 12.1 Å². The van der Waals surface area contributed by atoms with Gasteiger partial charge in [-0.25, -0.2) is 5.26 Å². The lowest BCUT2D eigenvalue weighted by Gasteiger charge is -2.33. The molecule has 1 aromatic heterocycles. The van der Waals surface area contributed by atoms with E-state index in [0.29, 0.717) is 28.8 Å². The highest BCUT2D eigenvalue weighted by molar-refractivity contribution is 7.90. The lowest BCUT2D eigenvalue weighted by molar-refractivity contribution is -0.433. The number of nitrogens with two attached hydrogens (primary N) is 1. The molecule has 8 amide bonds. The quantitative estimate of drug-likeness (QED) is 0.0203. The highest BCUT2D eigenvalue weighted by Gasteiger charge is 2.50. The summed E-state index contributed by atoms with van der Waals surface area (Å²) in [4.78, 5) is 115. The Morgan fingerprint density at radius 2 is 1.33 bits per heavy atom. The monoisotopic (exact) mass is 1300 g/mol. The van der Waals surface area contributed by atoms with E-state index in [4.69, 9.17) is 19.9 Å². The maximum absolute atomic E-state index is 14.7. The van der Waals surface area contributed by atoms with Gasteiger partial charge in [0.1, 0.15) is 46.3 Å². The third kappa shape index (κ3) is 17.2. The minimum absolute atomic E-state index is 0.00145. The van der Waals surface area contributed by atoms with Crippen molar-refractivity contribution in [3.05, 3.63) is 108 Å². The fourth-order valence-electron chi connectivity index (χ4n) is 10.7. The number of ether oxygens (including phenoxy) is 1. The van der Waals surface area contributed by atoms with Crippen molar-refractivity contribution >= 4 is 70.9 Å². The van der Waals surface area contributed by atoms with Crippen LogP contribution in [0.4, 0.5) is 0 Å². The van der Waals surface area contributed by atoms with Gasteiger partial charge in [-0.2, -0.15) is 0 Å². The number of carbonyl (C=O) groups is 8. The van der Waals surface area contributed by atoms with E-state index in [0.717, 1.165) is 51.1 Å². The minimum Gasteiger partial charge on any atom is -0.504 e. The number of primary amides is 1. The van der Waals surface area contributed by atoms with Crippen LogP contribution in [0.1, 0.15) is 61.5 Å². The summed E-state index contributed by atoms with van der Waals surface area (Å²) < 4.78 is 14.8. The van der Waals surface area contributed by atoms with Crippen LogP contribution in [-0.4, -0.2) is 207 Å². The number of hydrogen-bond donors (Lipinski definition) is 14. The van der Waals surface area contributed by atoms with Gasteiger partial charge in [0.15, 0.2) is 11.5 Å². The molecule has 30 nitrogen and oxygen atoms in total. The van der Waals surface area contributed by atoms with Crippen LogP contribution in [0.5, 0.6) is 11.5 Å². The van der Waals surface area contributed by atoms with E-state index in [1.165, 1.54) is 36.5 Å². The number of aromatic hydroxyl groups is 1. The molecule has 488 valence electrons. The number of aliphatic hydroxyl groups excluding tert-OH is 6. The molecular formula is C59H70N10O20S2. The molecule has 4 heterocycles. The molecule has 3 saturated heterocycles. The lowest BCUT2D eigenvalue weighted by atomic mass is 9.98. The number of nitrogens with one attached hydrogen (secondary N) is 5. The molecule has 4 aromatic carbocycles. The third-order valence-corrected chi connectivity index (χ3v) is 16.9. The molecule has 0 saturated carbocycles. The lowest BCUT2D eigenvalue weighted by Crippen LogP contribution is -2.64. The average Bonchev–Trinajstić information content (AvgIpc) is 1.72. The second-order valence-corrected chi connectivity index (χ2v) is 23.6. The van der Waals surface area contributed by atoms with Gasteiger partial charge in [-0.15, -0.1) is 10.2 Å². The van der Waals surface area contributed by atoms with Crippen LogP contribution >= 0.6 is 23.7 Å². The summed E-state index contributed by atoms with van der Waals surface area (Å²) in [5.41, 5.74) is 9.96. The van der Waals surface area contributed by atoms with Gasteiger partial charge in [-0.1, -0.05) is 94.4 Å². The summed E-state index contributed by atoms with van der Waals surface area (Å²) in [6.07, 6.45) is -13.6. The maximum atomic E-state index is 14.7. The van der Waals surface area contributed by atoms with Crippen molar-refractivity contribution in [2.24, 2.45) is 11.7 Å². The standard InChI is InChI=1S/C59H70N10O20S2/c1-4-86-27-30-5-8-32(9-6-30)33-10-14-35(15-11-33)56-66-67-57(90-56)36-16-12-34(13-17-36)51(78)62-39-21-37(71)24-61-55(82)49-50(77)28(2)25-69(49)59(84)48(43(75)23-45(60)76)65-54(81)47(42(74)19-31-7-18-41(73)44(20-31)87-91-89-88-85)64-53(80)40-22-38(72)26-68(40)58(83)46(29(3)70)63-52(39)79/h5-18,20,28-29,37-40,42-43,46-50,70-75,77,85H,4,19,21-27H2,1-3H3,(H2,60,76)(H,61,82)(H,62,78)(H,63,79)(H,64,80)(H,65,81). The van der Waals surface area contributed by atoms with E-state index >= 15 is 0 Å². The number of benzene rings is 4. The Morgan fingerprint density at radius 1 is 0.736 bits per heavy atom. The number of hydrogen-bond acceptors (Lipinski definition) is 24. The fourth-order valence-corrected chi connectivity index (χ4v) is 11.8. The fraction of sp³-hybridized carbons (Fsp3) is 0.424. The largest absolute Gasteiger partial charge is 0.504 e. The zero-order valence-corrected chi connectivity index (χ0v) is 50.8. The van der Waals surface area contributed by atoms with Gasteiger partial charge >= 0.3 is 0 Å². The van der Waals surface area contributed by atoms with Crippen LogP contribution < -0.4 is 36.5 Å². The number of rotatable bonds is 19. The predicted octanol–water partition coefficient (Wildman–Crippen LogP) is -1.03. The summed E-state index contributed by atoms with van der Waals surface area (Å²) in [5.74, 6) is -11.1. The molecule has 13 atom stereocenters. The van der Waals surface area contributed by atoms with Crippen molar-refractivity contribution < 1.29 is 97.7 Å². The average molecular weight is 1300 g/mol. The summed E-state index contributed by atoms with van der Waals surface area (Å²) in [6, 6.07) is 13.7. The normalized spacial score (nSPS) is 24.8. The first-order valence-electron chi connectivity index (χ1n) is 28.8. The van der Waals surface area contributed by atoms with E-state index < -0.39 is 177 Å². The zero-order valence-electron chi connectivity index (χ0n) is 49.2. The number of aromatic nitrogens is 2. The van der Waals surface area contributed by atoms with E-state index in [9.17, 15) is 74.1 Å². The maximum Gasteiger partial charge on any atom is 0.261 e. The van der Waals surface area contributed by atoms with E-state index in [1.807, 2.05) is 55.5 Å². The number of phenolic OH excluding ortho intramolecular Hbond substituents is 1. The van der Waals surface area contributed by atoms with E-state index in [2.05, 4.69) is 46.2 Å². The van der Waals surface area contributed by atoms with E-state index in [-0.39, 0.29) is 29.2 Å². The molecule has 8 rings (SSSR count). The first-order valence-corrected chi connectivity index (χ1v) is 30.2. The predicted molar refractivity (Wildman–Crippen MR) is 321 cm³/mol. The molecule has 13 unspecified atom stereocenters. The first kappa shape index (κ1) is 68.7. The molecule has 0 aliphatic carbocycles. The summed E-state index contributed by atoms with van der Waals surface area (Å²) in [7, 11) is 0. The second-order valence-electron chi connectivity index (χ2n) is 22.2. The topological polar surface area (TPSA) is 454 Å². The SMILES string of the molecule is CCOCc1ccc(-c2ccc(-c3nnc(-c4ccc(C(=O)NC5CC(O)CNC(=O)C6C(O)C(C)CN6C(=O)C(C(O)CC(N)=O)NC(=O)C(C(O)Cc6ccc(O)c(OSOOO)c6)NC(=O)C6CC(O)CN6C(=O)C(C(C)O)NC5=O)cc4)s3)cc2)cc1. The first-order chi connectivity index (χ1) is 43.4. The van der Waals surface area contributed by atoms with Gasteiger partial charge in [0, 0.05) is 68.1 Å². The Morgan fingerprint density at radius 3 is 1.96 bits per heavy atom. The second kappa shape index (κ2) is 31.2. The summed E-state index contributed by atoms with van der Waals surface area (Å²) in [5, 5.41) is 113. The van der Waals surface area contributed by atoms with Crippen molar-refractivity contribution in [1.82, 2.24) is 46.6 Å². The minimum atomic E-state index is -2.22. The zero-order chi connectivity index (χ0) is 65.8. The van der Waals surface area contributed by atoms with Crippen molar-refractivity contribution in [3.8, 4) is 43.8 Å². The third-order valence-electron chi connectivity index (χ3n) is 15.5. The van der Waals surface area contributed by atoms with Crippen LogP contribution in [0.3, 0.4) is 0 Å². The summed E-state index contributed by atoms with van der Waals surface area (Å²) >= 11 is 1.35. The molecule has 0 radical (unpaired) electrons. The number of nitrogens with zero attached hydrogens (tertiary/aromatic N) is 4. The van der Waals surface area contributed by atoms with Gasteiger partial charge < -0.3 is 86.8 Å². The Balaban J connectivity index is 1.07. The molecule has 3 fully saturated rings. The van der Waals surface area contributed by atoms with Crippen molar-refractivity contribution in [2.45, 2.75) is 126 Å². The van der Waals surface area contributed by atoms with Crippen molar-refractivity contribution in [1.29, 1.82) is 0 Å². The molecular weight excluding hydrogens is 1230 g/mol. The Hall–Kier alpha value is -8.25. The molecule has 32 heteroatoms. The molecule has 15 N–H and O–H groups in total. The van der Waals surface area contributed by atoms with Gasteiger partial charge in [-0.3, -0.25) is 38.4 Å². The Labute approximate surface area is 528 Å². The van der Waals surface area contributed by atoms with Gasteiger partial charge in [0.05, 0.1) is 49.7 Å². The molecule has 91 heavy (non-hydrogen) atoms. The highest BCUT2D eigenvalue weighted by atomic mass is 32.2. The van der Waals surface area contributed by atoms with Crippen molar-refractivity contribution in [2.75, 3.05) is 26.2 Å². The molecule has 0 bridgehead atoms. The molecule has 0 spiro atoms. The molecule has 5 aromatic rings. The van der Waals surface area contributed by atoms with Crippen LogP contribution in [0.15, 0.2) is 91.0 Å². The van der Waals surface area contributed by atoms with Crippen molar-refractivity contribution in [3.63, 3.8) is 0 Å². The molecule has 3 aliphatic heterocycles. The number of carbonyl (C=O) groups excluding carboxylic acids is 8. The highest BCUT2D eigenvalue weighted by Crippen LogP contribution is 2.34. The summed E-state index contributed by atoms with van der Waals surface area (Å²) in [6.45, 7) is 3.93. The Bertz CT molecular complexity index is 3400. The van der Waals surface area contributed by atoms with Gasteiger partial charge in [-0.05, 0) is 60.4 Å². The number of phenols is 1. The number of amides is 8. The van der Waals surface area contributed by atoms with Crippen LogP contribution in [-0.2, 0) is 60.7 Å². The van der Waals surface area contributed by atoms with Crippen LogP contribution in [0.2, 0.25) is 0 Å². The number of aliphatic hydroxyl groups is 6. The van der Waals surface area contributed by atoms with Gasteiger partial charge in [0.25, 0.3) is 18.2 Å². The smallest absolute Gasteiger partial charge is 0.261 e. The van der Waals surface area contributed by atoms with Gasteiger partial charge in [0.2, 0.25) is 41.4 Å². The number of fused-ring (bicyclic) bond motifs is 2. The molecule has 3 aliphatic rings. The van der Waals surface area contributed by atoms with Crippen LogP contribution in [0, 0.1) is 5.92 Å². The Kier molecular flexibility index (Phi) is 23.5.